The minimum atomic E-state index is -0.194. The first-order valence-corrected chi connectivity index (χ1v) is 7.05. The van der Waals surface area contributed by atoms with Crippen LogP contribution in [-0.2, 0) is 17.6 Å². The summed E-state index contributed by atoms with van der Waals surface area (Å²) >= 11 is 1.54. The van der Waals surface area contributed by atoms with Gasteiger partial charge in [-0.3, -0.25) is 9.79 Å². The number of carbonyl (C=O) groups excluding carboxylic acids is 1. The van der Waals surface area contributed by atoms with Crippen LogP contribution in [0.3, 0.4) is 0 Å². The van der Waals surface area contributed by atoms with Crippen molar-refractivity contribution >= 4 is 28.1 Å². The van der Waals surface area contributed by atoms with E-state index in [1.54, 1.807) is 0 Å². The Balaban J connectivity index is 2.06. The fourth-order valence-electron chi connectivity index (χ4n) is 1.88. The second kappa shape index (κ2) is 6.06. The Bertz CT molecular complexity index is 467. The Labute approximate surface area is 111 Å². The van der Waals surface area contributed by atoms with Crippen LogP contribution in [0.2, 0.25) is 0 Å². The molecule has 0 spiro atoms. The summed E-state index contributed by atoms with van der Waals surface area (Å²) in [6.07, 6.45) is 3.87. The van der Waals surface area contributed by atoms with Crippen molar-refractivity contribution in [1.82, 2.24) is 4.98 Å². The average molecular weight is 266 g/mol. The van der Waals surface area contributed by atoms with Gasteiger partial charge < -0.3 is 11.1 Å². The Kier molecular flexibility index (Phi) is 4.43. The van der Waals surface area contributed by atoms with Crippen molar-refractivity contribution in [3.8, 4) is 0 Å². The third-order valence-corrected chi connectivity index (χ3v) is 3.80. The lowest BCUT2D eigenvalue weighted by molar-refractivity contribution is -0.114. The summed E-state index contributed by atoms with van der Waals surface area (Å²) in [7, 11) is 0. The molecule has 0 aromatic carbocycles. The summed E-state index contributed by atoms with van der Waals surface area (Å²) < 4.78 is 0. The number of aromatic nitrogens is 1. The third kappa shape index (κ3) is 3.14. The molecule has 6 heteroatoms. The van der Waals surface area contributed by atoms with Gasteiger partial charge in [-0.1, -0.05) is 6.92 Å². The van der Waals surface area contributed by atoms with Gasteiger partial charge in [0.05, 0.1) is 12.2 Å². The van der Waals surface area contributed by atoms with Crippen molar-refractivity contribution in [2.45, 2.75) is 32.6 Å². The second-order valence-electron chi connectivity index (χ2n) is 4.27. The molecule has 0 atom stereocenters. The number of fused-ring (bicyclic) bond motifs is 1. The minimum Gasteiger partial charge on any atom is -0.322 e. The van der Waals surface area contributed by atoms with E-state index in [1.165, 1.54) is 21.9 Å². The molecule has 0 radical (unpaired) electrons. The topological polar surface area (TPSA) is 80.4 Å². The number of carbonyl (C=O) groups is 1. The van der Waals surface area contributed by atoms with Crippen LogP contribution in [0.25, 0.3) is 0 Å². The van der Waals surface area contributed by atoms with Crippen molar-refractivity contribution in [3.05, 3.63) is 10.6 Å². The maximum Gasteiger partial charge on any atom is 0.239 e. The van der Waals surface area contributed by atoms with Gasteiger partial charge in [-0.2, -0.15) is 0 Å². The standard InChI is InChI=1S/C12H18N4OS/c1-2-5-14-8-3-4-9-10(6-8)18-12(15-9)16-11(17)7-13/h2-7,13H2,1H3,(H,15,16,17). The molecule has 98 valence electrons. The van der Waals surface area contributed by atoms with Crippen LogP contribution in [0, 0.1) is 0 Å². The number of nitrogens with two attached hydrogens (primary N) is 1. The van der Waals surface area contributed by atoms with Gasteiger partial charge in [0.2, 0.25) is 5.91 Å². The highest BCUT2D eigenvalue weighted by Crippen LogP contribution is 2.28. The molecule has 1 aromatic heterocycles. The van der Waals surface area contributed by atoms with Crippen LogP contribution >= 0.6 is 11.3 Å². The quantitative estimate of drug-likeness (QED) is 0.864. The molecule has 5 nitrogen and oxygen atoms in total. The van der Waals surface area contributed by atoms with E-state index in [4.69, 9.17) is 5.73 Å². The maximum atomic E-state index is 11.2. The maximum absolute atomic E-state index is 11.2. The van der Waals surface area contributed by atoms with Crippen molar-refractivity contribution in [2.75, 3.05) is 18.4 Å². The van der Waals surface area contributed by atoms with E-state index in [0.29, 0.717) is 5.13 Å². The van der Waals surface area contributed by atoms with E-state index in [2.05, 4.69) is 22.2 Å². The predicted octanol–water partition coefficient (Wildman–Crippen LogP) is 1.38. The summed E-state index contributed by atoms with van der Waals surface area (Å²) in [6, 6.07) is 0. The number of rotatable bonds is 4. The van der Waals surface area contributed by atoms with Crippen molar-refractivity contribution in [3.63, 3.8) is 0 Å². The lowest BCUT2D eigenvalue weighted by Crippen LogP contribution is -2.21. The van der Waals surface area contributed by atoms with Crippen LogP contribution in [0.5, 0.6) is 0 Å². The molecule has 1 amide bonds. The predicted molar refractivity (Wildman–Crippen MR) is 74.4 cm³/mol. The van der Waals surface area contributed by atoms with E-state index in [-0.39, 0.29) is 12.5 Å². The summed E-state index contributed by atoms with van der Waals surface area (Å²) in [5.41, 5.74) is 7.62. The first-order valence-electron chi connectivity index (χ1n) is 6.23. The molecule has 1 aliphatic carbocycles. The van der Waals surface area contributed by atoms with Gasteiger partial charge in [0.25, 0.3) is 0 Å². The molecule has 1 aromatic rings. The Morgan fingerprint density at radius 3 is 3.11 bits per heavy atom. The molecule has 0 unspecified atom stereocenters. The van der Waals surface area contributed by atoms with Gasteiger partial charge in [0, 0.05) is 23.6 Å². The Morgan fingerprint density at radius 2 is 2.39 bits per heavy atom. The lowest BCUT2D eigenvalue weighted by atomic mass is 10.0. The van der Waals surface area contributed by atoms with Crippen LogP contribution in [0.1, 0.15) is 30.3 Å². The molecule has 3 N–H and O–H groups in total. The third-order valence-electron chi connectivity index (χ3n) is 2.78. The van der Waals surface area contributed by atoms with Crippen molar-refractivity contribution < 1.29 is 4.79 Å². The first kappa shape index (κ1) is 13.2. The van der Waals surface area contributed by atoms with Gasteiger partial charge in [-0.15, -0.1) is 11.3 Å². The van der Waals surface area contributed by atoms with Crippen LogP contribution in [0.4, 0.5) is 5.13 Å². The molecular formula is C12H18N4OS. The number of anilines is 1. The Hall–Kier alpha value is -1.27. The number of amides is 1. The molecule has 18 heavy (non-hydrogen) atoms. The fraction of sp³-hybridized carbons (Fsp3) is 0.583. The molecule has 0 saturated heterocycles. The highest BCUT2D eigenvalue weighted by Gasteiger charge is 2.19. The molecule has 1 heterocycles. The highest BCUT2D eigenvalue weighted by atomic mass is 32.1. The van der Waals surface area contributed by atoms with E-state index >= 15 is 0 Å². The molecule has 0 fully saturated rings. The van der Waals surface area contributed by atoms with Gasteiger partial charge in [0.1, 0.15) is 0 Å². The number of aryl methyl sites for hydroxylation is 1. The van der Waals surface area contributed by atoms with Crippen LogP contribution in [0.15, 0.2) is 4.99 Å². The summed E-state index contributed by atoms with van der Waals surface area (Å²) in [5, 5.41) is 3.37. The first-order chi connectivity index (χ1) is 8.72. The number of hydrogen-bond donors (Lipinski definition) is 2. The van der Waals surface area contributed by atoms with E-state index in [0.717, 1.165) is 37.9 Å². The smallest absolute Gasteiger partial charge is 0.239 e. The number of nitrogens with zero attached hydrogens (tertiary/aromatic N) is 2. The van der Waals surface area contributed by atoms with Gasteiger partial charge in [-0.25, -0.2) is 4.98 Å². The largest absolute Gasteiger partial charge is 0.322 e. The zero-order valence-corrected chi connectivity index (χ0v) is 11.3. The molecular weight excluding hydrogens is 248 g/mol. The molecule has 1 aliphatic rings. The number of thiazole rings is 1. The van der Waals surface area contributed by atoms with Crippen molar-refractivity contribution in [2.24, 2.45) is 10.7 Å². The molecule has 0 saturated carbocycles. The number of aliphatic imine (C=N–C) groups is 1. The Morgan fingerprint density at radius 1 is 1.56 bits per heavy atom. The molecule has 0 aliphatic heterocycles. The van der Waals surface area contributed by atoms with Crippen molar-refractivity contribution in [1.29, 1.82) is 0 Å². The lowest BCUT2D eigenvalue weighted by Gasteiger charge is -2.11. The van der Waals surface area contributed by atoms with Gasteiger partial charge in [-0.05, 0) is 19.3 Å². The molecule has 2 rings (SSSR count). The zero-order chi connectivity index (χ0) is 13.0. The summed E-state index contributed by atoms with van der Waals surface area (Å²) in [5.74, 6) is -0.194. The van der Waals surface area contributed by atoms with E-state index in [9.17, 15) is 4.79 Å². The van der Waals surface area contributed by atoms with E-state index < -0.39 is 0 Å². The SMILES string of the molecule is CCCN=C1CCc2nc(NC(=O)CN)sc2C1. The average Bonchev–Trinajstić information content (AvgIpc) is 2.77. The molecule has 0 bridgehead atoms. The second-order valence-corrected chi connectivity index (χ2v) is 5.35. The van der Waals surface area contributed by atoms with Gasteiger partial charge in [0.15, 0.2) is 5.13 Å². The highest BCUT2D eigenvalue weighted by molar-refractivity contribution is 7.16. The fourth-order valence-corrected chi connectivity index (χ4v) is 2.94. The summed E-state index contributed by atoms with van der Waals surface area (Å²) in [6.45, 7) is 3.03. The van der Waals surface area contributed by atoms with Crippen LogP contribution in [-0.4, -0.2) is 29.7 Å². The normalized spacial score (nSPS) is 16.7. The zero-order valence-electron chi connectivity index (χ0n) is 10.5. The van der Waals surface area contributed by atoms with E-state index in [1.807, 2.05) is 0 Å². The number of hydrogen-bond acceptors (Lipinski definition) is 5. The number of nitrogens with one attached hydrogen (secondary N) is 1. The van der Waals surface area contributed by atoms with Crippen LogP contribution < -0.4 is 11.1 Å². The van der Waals surface area contributed by atoms with Gasteiger partial charge >= 0.3 is 0 Å². The summed E-state index contributed by atoms with van der Waals surface area (Å²) in [4.78, 5) is 21.4. The minimum absolute atomic E-state index is 0.00649. The monoisotopic (exact) mass is 266 g/mol.